The summed E-state index contributed by atoms with van der Waals surface area (Å²) in [6.07, 6.45) is 3.94. The van der Waals surface area contributed by atoms with Crippen molar-refractivity contribution in [3.05, 3.63) is 34.7 Å². The number of hydrogen-bond donors (Lipinski definition) is 1. The smallest absolute Gasteiger partial charge is 0.147 e. The van der Waals surface area contributed by atoms with E-state index in [2.05, 4.69) is 27.3 Å². The zero-order valence-corrected chi connectivity index (χ0v) is 13.7. The number of aryl methyl sites for hydroxylation is 3. The molecule has 1 aliphatic heterocycles. The molecular weight excluding hydrogens is 278 g/mol. The average molecular weight is 301 g/mol. The number of pyridine rings is 1. The number of nitrogens with zero attached hydrogens (tertiary/aromatic N) is 4. The molecule has 1 N–H and O–H groups in total. The summed E-state index contributed by atoms with van der Waals surface area (Å²) in [7, 11) is 1.71. The Morgan fingerprint density at radius 1 is 1.36 bits per heavy atom. The molecule has 0 bridgehead atoms. The molecule has 0 saturated heterocycles. The molecule has 0 unspecified atom stereocenters. The molecule has 2 aromatic heterocycles. The van der Waals surface area contributed by atoms with Gasteiger partial charge in [0.2, 0.25) is 0 Å². The van der Waals surface area contributed by atoms with Crippen molar-refractivity contribution in [2.24, 2.45) is 0 Å². The number of rotatable bonds is 4. The lowest BCUT2D eigenvalue weighted by atomic mass is 10.1. The molecule has 22 heavy (non-hydrogen) atoms. The fraction of sp³-hybridized carbons (Fsp3) is 0.562. The van der Waals surface area contributed by atoms with Crippen molar-refractivity contribution < 1.29 is 4.74 Å². The lowest BCUT2D eigenvalue weighted by Gasteiger charge is -2.24. The molecule has 0 saturated carbocycles. The summed E-state index contributed by atoms with van der Waals surface area (Å²) in [6.45, 7) is 7.65. The first-order valence-corrected chi connectivity index (χ1v) is 7.71. The van der Waals surface area contributed by atoms with E-state index >= 15 is 0 Å². The van der Waals surface area contributed by atoms with Crippen LogP contribution in [0.4, 0.5) is 0 Å². The first-order chi connectivity index (χ1) is 10.6. The molecule has 0 amide bonds. The number of aromatic nitrogens is 4. The SMILES string of the molecule is COc1c(C)cnc(CN[C@@H]2CCc3nc(C)nn3C2)c1C. The standard InChI is InChI=1S/C16H23N5O/c1-10-7-18-14(11(2)16(10)22-4)8-17-13-5-6-15-19-12(3)20-21(15)9-13/h7,13,17H,5-6,8-9H2,1-4H3/t13-/m1/s1. The predicted molar refractivity (Wildman–Crippen MR) is 84.0 cm³/mol. The van der Waals surface area contributed by atoms with Crippen LogP contribution < -0.4 is 10.1 Å². The topological polar surface area (TPSA) is 64.9 Å². The molecule has 0 aromatic carbocycles. The van der Waals surface area contributed by atoms with Gasteiger partial charge in [-0.15, -0.1) is 0 Å². The number of methoxy groups -OCH3 is 1. The van der Waals surface area contributed by atoms with Crippen LogP contribution in [0.15, 0.2) is 6.20 Å². The normalized spacial score (nSPS) is 17.4. The van der Waals surface area contributed by atoms with Gasteiger partial charge < -0.3 is 10.1 Å². The summed E-state index contributed by atoms with van der Waals surface area (Å²) >= 11 is 0. The van der Waals surface area contributed by atoms with E-state index in [1.54, 1.807) is 7.11 Å². The Hall–Kier alpha value is -1.95. The van der Waals surface area contributed by atoms with Crippen LogP contribution in [0.1, 0.15) is 34.9 Å². The van der Waals surface area contributed by atoms with Crippen LogP contribution in [-0.4, -0.2) is 32.9 Å². The summed E-state index contributed by atoms with van der Waals surface area (Å²) in [4.78, 5) is 8.99. The Morgan fingerprint density at radius 2 is 2.18 bits per heavy atom. The van der Waals surface area contributed by atoms with E-state index in [1.165, 1.54) is 0 Å². The van der Waals surface area contributed by atoms with Gasteiger partial charge in [-0.05, 0) is 27.2 Å². The molecule has 0 radical (unpaired) electrons. The Kier molecular flexibility index (Phi) is 4.11. The number of nitrogens with one attached hydrogen (secondary N) is 1. The molecule has 3 heterocycles. The zero-order valence-electron chi connectivity index (χ0n) is 13.7. The minimum Gasteiger partial charge on any atom is -0.496 e. The van der Waals surface area contributed by atoms with Crippen molar-refractivity contribution in [2.75, 3.05) is 7.11 Å². The second kappa shape index (κ2) is 6.04. The van der Waals surface area contributed by atoms with Crippen LogP contribution in [-0.2, 0) is 19.5 Å². The predicted octanol–water partition coefficient (Wildman–Crippen LogP) is 1.71. The van der Waals surface area contributed by atoms with Crippen LogP contribution in [0.3, 0.4) is 0 Å². The van der Waals surface area contributed by atoms with Crippen LogP contribution >= 0.6 is 0 Å². The van der Waals surface area contributed by atoms with E-state index in [9.17, 15) is 0 Å². The maximum Gasteiger partial charge on any atom is 0.147 e. The third-order valence-electron chi connectivity index (χ3n) is 4.27. The fourth-order valence-corrected chi connectivity index (χ4v) is 3.09. The molecule has 3 rings (SSSR count). The van der Waals surface area contributed by atoms with Gasteiger partial charge >= 0.3 is 0 Å². The summed E-state index contributed by atoms with van der Waals surface area (Å²) in [6, 6.07) is 0.405. The van der Waals surface area contributed by atoms with Crippen molar-refractivity contribution in [1.29, 1.82) is 0 Å². The highest BCUT2D eigenvalue weighted by molar-refractivity contribution is 5.41. The zero-order chi connectivity index (χ0) is 15.7. The third kappa shape index (κ3) is 2.83. The highest BCUT2D eigenvalue weighted by Crippen LogP contribution is 2.24. The van der Waals surface area contributed by atoms with E-state index in [-0.39, 0.29) is 0 Å². The van der Waals surface area contributed by atoms with Gasteiger partial charge in [0, 0.05) is 36.3 Å². The monoisotopic (exact) mass is 301 g/mol. The second-order valence-electron chi connectivity index (χ2n) is 5.92. The first kappa shape index (κ1) is 15.0. The van der Waals surface area contributed by atoms with Crippen molar-refractivity contribution in [1.82, 2.24) is 25.1 Å². The fourth-order valence-electron chi connectivity index (χ4n) is 3.09. The lowest BCUT2D eigenvalue weighted by molar-refractivity contribution is 0.355. The largest absolute Gasteiger partial charge is 0.496 e. The Labute approximate surface area is 130 Å². The van der Waals surface area contributed by atoms with Crippen molar-refractivity contribution >= 4 is 0 Å². The minimum atomic E-state index is 0.405. The van der Waals surface area contributed by atoms with Gasteiger partial charge in [0.1, 0.15) is 17.4 Å². The van der Waals surface area contributed by atoms with Gasteiger partial charge in [-0.2, -0.15) is 5.10 Å². The summed E-state index contributed by atoms with van der Waals surface area (Å²) in [5.41, 5.74) is 3.23. The molecular formula is C16H23N5O. The van der Waals surface area contributed by atoms with Crippen molar-refractivity contribution in [3.63, 3.8) is 0 Å². The van der Waals surface area contributed by atoms with Gasteiger partial charge in [0.25, 0.3) is 0 Å². The molecule has 118 valence electrons. The number of hydrogen-bond acceptors (Lipinski definition) is 5. The number of ether oxygens (including phenoxy) is 1. The minimum absolute atomic E-state index is 0.405. The third-order valence-corrected chi connectivity index (χ3v) is 4.27. The molecule has 0 spiro atoms. The van der Waals surface area contributed by atoms with E-state index in [0.29, 0.717) is 6.04 Å². The van der Waals surface area contributed by atoms with E-state index in [4.69, 9.17) is 4.74 Å². The van der Waals surface area contributed by atoms with Gasteiger partial charge in [-0.3, -0.25) is 4.98 Å². The quantitative estimate of drug-likeness (QED) is 0.931. The second-order valence-corrected chi connectivity index (χ2v) is 5.92. The Bertz CT molecular complexity index is 679. The van der Waals surface area contributed by atoms with Gasteiger partial charge in [-0.1, -0.05) is 0 Å². The summed E-state index contributed by atoms with van der Waals surface area (Å²) in [5.74, 6) is 2.89. The molecule has 6 heteroatoms. The highest BCUT2D eigenvalue weighted by Gasteiger charge is 2.21. The molecule has 1 atom stereocenters. The van der Waals surface area contributed by atoms with E-state index in [0.717, 1.165) is 60.2 Å². The molecule has 1 aliphatic rings. The van der Waals surface area contributed by atoms with Gasteiger partial charge in [0.05, 0.1) is 19.3 Å². The van der Waals surface area contributed by atoms with Crippen LogP contribution in [0.2, 0.25) is 0 Å². The van der Waals surface area contributed by atoms with Crippen LogP contribution in [0.5, 0.6) is 5.75 Å². The summed E-state index contributed by atoms with van der Waals surface area (Å²) < 4.78 is 7.49. The summed E-state index contributed by atoms with van der Waals surface area (Å²) in [5, 5.41) is 8.04. The van der Waals surface area contributed by atoms with E-state index in [1.807, 2.05) is 24.7 Å². The van der Waals surface area contributed by atoms with E-state index < -0.39 is 0 Å². The number of fused-ring (bicyclic) bond motifs is 1. The Balaban J connectivity index is 1.66. The molecule has 0 fully saturated rings. The first-order valence-electron chi connectivity index (χ1n) is 7.71. The maximum absolute atomic E-state index is 5.47. The van der Waals surface area contributed by atoms with Crippen molar-refractivity contribution in [2.45, 2.75) is 52.7 Å². The van der Waals surface area contributed by atoms with Gasteiger partial charge in [-0.25, -0.2) is 9.67 Å². The highest BCUT2D eigenvalue weighted by atomic mass is 16.5. The maximum atomic E-state index is 5.47. The average Bonchev–Trinajstić information content (AvgIpc) is 2.86. The molecule has 0 aliphatic carbocycles. The lowest BCUT2D eigenvalue weighted by Crippen LogP contribution is -2.37. The van der Waals surface area contributed by atoms with Crippen LogP contribution in [0.25, 0.3) is 0 Å². The molecule has 6 nitrogen and oxygen atoms in total. The molecule has 2 aromatic rings. The van der Waals surface area contributed by atoms with Crippen molar-refractivity contribution in [3.8, 4) is 5.75 Å². The van der Waals surface area contributed by atoms with Gasteiger partial charge in [0.15, 0.2) is 0 Å². The Morgan fingerprint density at radius 3 is 2.95 bits per heavy atom. The van der Waals surface area contributed by atoms with Crippen LogP contribution in [0, 0.1) is 20.8 Å².